The van der Waals surface area contributed by atoms with Crippen molar-refractivity contribution in [1.29, 1.82) is 0 Å². The van der Waals surface area contributed by atoms with Gasteiger partial charge >= 0.3 is 0 Å². The van der Waals surface area contributed by atoms with Crippen molar-refractivity contribution in [2.45, 2.75) is 6.54 Å². The SMILES string of the molecule is CN(Cc1nc(NN)ccc1Cl)c1ccc(F)cc1. The normalized spacial score (nSPS) is 10.3. The van der Waals surface area contributed by atoms with Crippen molar-refractivity contribution in [2.24, 2.45) is 5.84 Å². The molecule has 0 aliphatic carbocycles. The largest absolute Gasteiger partial charge is 0.369 e. The third-order valence-electron chi connectivity index (χ3n) is 2.72. The second kappa shape index (κ2) is 5.86. The Morgan fingerprint density at radius 2 is 1.95 bits per heavy atom. The highest BCUT2D eigenvalue weighted by molar-refractivity contribution is 6.31. The maximum absolute atomic E-state index is 12.9. The van der Waals surface area contributed by atoms with E-state index in [9.17, 15) is 4.39 Å². The Balaban J connectivity index is 2.18. The summed E-state index contributed by atoms with van der Waals surface area (Å²) in [6.07, 6.45) is 0. The molecule has 1 aromatic heterocycles. The van der Waals surface area contributed by atoms with Crippen LogP contribution in [0.3, 0.4) is 0 Å². The molecule has 4 nitrogen and oxygen atoms in total. The number of pyridine rings is 1. The molecule has 0 atom stereocenters. The van der Waals surface area contributed by atoms with E-state index < -0.39 is 0 Å². The first-order valence-corrected chi connectivity index (χ1v) is 6.06. The summed E-state index contributed by atoms with van der Waals surface area (Å²) in [6, 6.07) is 9.67. The van der Waals surface area contributed by atoms with E-state index in [2.05, 4.69) is 10.4 Å². The van der Waals surface area contributed by atoms with Gasteiger partial charge in [0.05, 0.1) is 17.3 Å². The smallest absolute Gasteiger partial charge is 0.140 e. The quantitative estimate of drug-likeness (QED) is 0.668. The third-order valence-corrected chi connectivity index (χ3v) is 3.06. The number of aromatic nitrogens is 1. The summed E-state index contributed by atoms with van der Waals surface area (Å²) < 4.78 is 12.9. The molecule has 0 spiro atoms. The first-order valence-electron chi connectivity index (χ1n) is 5.69. The van der Waals surface area contributed by atoms with Crippen LogP contribution in [0.2, 0.25) is 5.02 Å². The van der Waals surface area contributed by atoms with Crippen molar-refractivity contribution in [1.82, 2.24) is 4.98 Å². The molecule has 0 bridgehead atoms. The van der Waals surface area contributed by atoms with Gasteiger partial charge in [-0.1, -0.05) is 11.6 Å². The summed E-state index contributed by atoms with van der Waals surface area (Å²) in [5.41, 5.74) is 4.06. The monoisotopic (exact) mass is 280 g/mol. The van der Waals surface area contributed by atoms with E-state index in [-0.39, 0.29) is 5.82 Å². The lowest BCUT2D eigenvalue weighted by Crippen LogP contribution is -2.18. The predicted molar refractivity (Wildman–Crippen MR) is 75.6 cm³/mol. The molecule has 0 unspecified atom stereocenters. The highest BCUT2D eigenvalue weighted by atomic mass is 35.5. The lowest BCUT2D eigenvalue weighted by atomic mass is 10.2. The summed E-state index contributed by atoms with van der Waals surface area (Å²) in [7, 11) is 1.88. The van der Waals surface area contributed by atoms with Gasteiger partial charge in [0.2, 0.25) is 0 Å². The molecule has 0 aliphatic rings. The second-order valence-corrected chi connectivity index (χ2v) is 4.51. The average molecular weight is 281 g/mol. The van der Waals surface area contributed by atoms with Gasteiger partial charge in [-0.3, -0.25) is 0 Å². The number of hydrogen-bond acceptors (Lipinski definition) is 4. The lowest BCUT2D eigenvalue weighted by molar-refractivity contribution is 0.627. The molecule has 0 amide bonds. The third kappa shape index (κ3) is 3.33. The van der Waals surface area contributed by atoms with Crippen LogP contribution in [0.1, 0.15) is 5.69 Å². The molecular formula is C13H14ClFN4. The number of halogens is 2. The summed E-state index contributed by atoms with van der Waals surface area (Å²) in [4.78, 5) is 6.21. The van der Waals surface area contributed by atoms with Crippen LogP contribution in [0, 0.1) is 5.82 Å². The van der Waals surface area contributed by atoms with Gasteiger partial charge in [0, 0.05) is 12.7 Å². The number of anilines is 2. The molecule has 2 rings (SSSR count). The van der Waals surface area contributed by atoms with Crippen LogP contribution in [-0.2, 0) is 6.54 Å². The first-order chi connectivity index (χ1) is 9.10. The molecule has 0 saturated heterocycles. The maximum atomic E-state index is 12.9. The minimum absolute atomic E-state index is 0.261. The van der Waals surface area contributed by atoms with Crippen molar-refractivity contribution >= 4 is 23.1 Å². The van der Waals surface area contributed by atoms with Gasteiger partial charge in [-0.05, 0) is 36.4 Å². The maximum Gasteiger partial charge on any atom is 0.140 e. The van der Waals surface area contributed by atoms with E-state index in [1.165, 1.54) is 12.1 Å². The minimum atomic E-state index is -0.261. The topological polar surface area (TPSA) is 54.2 Å². The fraction of sp³-hybridized carbons (Fsp3) is 0.154. The number of nitrogen functional groups attached to an aromatic ring is 1. The molecule has 2 aromatic rings. The van der Waals surface area contributed by atoms with Gasteiger partial charge in [-0.2, -0.15) is 0 Å². The molecule has 1 aromatic carbocycles. The van der Waals surface area contributed by atoms with Gasteiger partial charge < -0.3 is 10.3 Å². The summed E-state index contributed by atoms with van der Waals surface area (Å²) in [6.45, 7) is 0.500. The molecule has 0 fully saturated rings. The van der Waals surface area contributed by atoms with Gasteiger partial charge in [-0.25, -0.2) is 15.2 Å². The molecule has 0 radical (unpaired) electrons. The van der Waals surface area contributed by atoms with Crippen LogP contribution < -0.4 is 16.2 Å². The fourth-order valence-electron chi connectivity index (χ4n) is 1.69. The molecule has 100 valence electrons. The van der Waals surface area contributed by atoms with Crippen LogP contribution in [-0.4, -0.2) is 12.0 Å². The molecule has 3 N–H and O–H groups in total. The van der Waals surface area contributed by atoms with E-state index in [0.717, 1.165) is 5.69 Å². The molecule has 0 saturated carbocycles. The fourth-order valence-corrected chi connectivity index (χ4v) is 1.85. The molecule has 19 heavy (non-hydrogen) atoms. The molecular weight excluding hydrogens is 267 g/mol. The average Bonchev–Trinajstić information content (AvgIpc) is 2.42. The Morgan fingerprint density at radius 1 is 1.26 bits per heavy atom. The number of rotatable bonds is 4. The second-order valence-electron chi connectivity index (χ2n) is 4.10. The molecule has 0 aliphatic heterocycles. The van der Waals surface area contributed by atoms with E-state index in [4.69, 9.17) is 17.4 Å². The Kier molecular flexibility index (Phi) is 4.19. The minimum Gasteiger partial charge on any atom is -0.369 e. The van der Waals surface area contributed by atoms with Crippen molar-refractivity contribution < 1.29 is 4.39 Å². The van der Waals surface area contributed by atoms with Gasteiger partial charge in [0.25, 0.3) is 0 Å². The van der Waals surface area contributed by atoms with E-state index in [1.54, 1.807) is 24.3 Å². The van der Waals surface area contributed by atoms with E-state index in [0.29, 0.717) is 23.1 Å². The highest BCUT2D eigenvalue weighted by Crippen LogP contribution is 2.21. The zero-order valence-electron chi connectivity index (χ0n) is 10.4. The number of nitrogens with one attached hydrogen (secondary N) is 1. The number of nitrogens with two attached hydrogens (primary N) is 1. The number of hydrogen-bond donors (Lipinski definition) is 2. The standard InChI is InChI=1S/C13H14ClFN4/c1-19(10-4-2-9(15)3-5-10)8-12-11(14)6-7-13(17-12)18-16/h2-7H,8,16H2,1H3,(H,17,18). The summed E-state index contributed by atoms with van der Waals surface area (Å²) in [5.74, 6) is 5.60. The van der Waals surface area contributed by atoms with Crippen LogP contribution in [0.4, 0.5) is 15.9 Å². The number of hydrazine groups is 1. The van der Waals surface area contributed by atoms with Gasteiger partial charge in [0.1, 0.15) is 11.6 Å². The van der Waals surface area contributed by atoms with Gasteiger partial charge in [0.15, 0.2) is 0 Å². The Morgan fingerprint density at radius 3 is 2.58 bits per heavy atom. The molecule has 1 heterocycles. The zero-order valence-corrected chi connectivity index (χ0v) is 11.2. The van der Waals surface area contributed by atoms with Crippen molar-refractivity contribution in [2.75, 3.05) is 17.4 Å². The lowest BCUT2D eigenvalue weighted by Gasteiger charge is -2.19. The Bertz CT molecular complexity index is 559. The number of benzene rings is 1. The van der Waals surface area contributed by atoms with Crippen LogP contribution in [0.5, 0.6) is 0 Å². The number of nitrogens with zero attached hydrogens (tertiary/aromatic N) is 2. The summed E-state index contributed by atoms with van der Waals surface area (Å²) in [5, 5.41) is 0.563. The Hall–Kier alpha value is -1.85. The van der Waals surface area contributed by atoms with Crippen LogP contribution >= 0.6 is 11.6 Å². The van der Waals surface area contributed by atoms with Crippen molar-refractivity contribution in [3.8, 4) is 0 Å². The highest BCUT2D eigenvalue weighted by Gasteiger charge is 2.08. The Labute approximate surface area is 116 Å². The first kappa shape index (κ1) is 13.6. The van der Waals surface area contributed by atoms with Crippen LogP contribution in [0.25, 0.3) is 0 Å². The summed E-state index contributed by atoms with van der Waals surface area (Å²) >= 11 is 6.09. The van der Waals surface area contributed by atoms with Crippen molar-refractivity contribution in [3.63, 3.8) is 0 Å². The van der Waals surface area contributed by atoms with Gasteiger partial charge in [-0.15, -0.1) is 0 Å². The van der Waals surface area contributed by atoms with E-state index >= 15 is 0 Å². The van der Waals surface area contributed by atoms with E-state index in [1.807, 2.05) is 11.9 Å². The predicted octanol–water partition coefficient (Wildman–Crippen LogP) is 2.80. The van der Waals surface area contributed by atoms with Crippen molar-refractivity contribution in [3.05, 3.63) is 52.9 Å². The van der Waals surface area contributed by atoms with Crippen LogP contribution in [0.15, 0.2) is 36.4 Å². The molecule has 6 heteroatoms. The zero-order chi connectivity index (χ0) is 13.8.